The first-order chi connectivity index (χ1) is 11.1. The minimum atomic E-state index is -0.390. The van der Waals surface area contributed by atoms with Gasteiger partial charge in [0.15, 0.2) is 5.11 Å². The van der Waals surface area contributed by atoms with Crippen LogP contribution in [0.4, 0.5) is 11.4 Å². The van der Waals surface area contributed by atoms with Gasteiger partial charge in [0.05, 0.1) is 19.3 Å². The summed E-state index contributed by atoms with van der Waals surface area (Å²) in [5, 5.41) is 6.53. The Labute approximate surface area is 140 Å². The van der Waals surface area contributed by atoms with Crippen LogP contribution in [-0.2, 0) is 4.74 Å². The first kappa shape index (κ1) is 16.8. The largest absolute Gasteiger partial charge is 0.494 e. The van der Waals surface area contributed by atoms with Crippen molar-refractivity contribution in [3.63, 3.8) is 0 Å². The molecule has 0 spiro atoms. The van der Waals surface area contributed by atoms with Crippen molar-refractivity contribution in [1.82, 2.24) is 0 Å². The van der Waals surface area contributed by atoms with Gasteiger partial charge >= 0.3 is 5.97 Å². The zero-order chi connectivity index (χ0) is 16.7. The molecule has 2 rings (SSSR count). The highest BCUT2D eigenvalue weighted by molar-refractivity contribution is 7.80. The molecule has 0 saturated carbocycles. The Hall–Kier alpha value is -2.60. The molecule has 5 nitrogen and oxygen atoms in total. The van der Waals surface area contributed by atoms with E-state index >= 15 is 0 Å². The van der Waals surface area contributed by atoms with Crippen LogP contribution in [0.1, 0.15) is 17.3 Å². The Balaban J connectivity index is 1.98. The van der Waals surface area contributed by atoms with Crippen LogP contribution in [0.25, 0.3) is 0 Å². The van der Waals surface area contributed by atoms with Gasteiger partial charge < -0.3 is 20.1 Å². The van der Waals surface area contributed by atoms with Crippen LogP contribution < -0.4 is 15.4 Å². The van der Waals surface area contributed by atoms with Gasteiger partial charge in [-0.25, -0.2) is 4.79 Å². The van der Waals surface area contributed by atoms with Crippen LogP contribution in [-0.4, -0.2) is 24.8 Å². The number of esters is 1. The maximum Gasteiger partial charge on any atom is 0.337 e. The fraction of sp³-hybridized carbons (Fsp3) is 0.176. The van der Waals surface area contributed by atoms with E-state index in [1.165, 1.54) is 7.11 Å². The van der Waals surface area contributed by atoms with Crippen LogP contribution >= 0.6 is 12.2 Å². The maximum absolute atomic E-state index is 11.5. The van der Waals surface area contributed by atoms with Crippen molar-refractivity contribution in [1.29, 1.82) is 0 Å². The Morgan fingerprint density at radius 1 is 1.09 bits per heavy atom. The zero-order valence-corrected chi connectivity index (χ0v) is 13.8. The van der Waals surface area contributed by atoms with Crippen molar-refractivity contribution >= 4 is 34.7 Å². The molecule has 120 valence electrons. The third-order valence-corrected chi connectivity index (χ3v) is 3.17. The minimum absolute atomic E-state index is 0.390. The van der Waals surface area contributed by atoms with Crippen molar-refractivity contribution in [3.05, 3.63) is 54.1 Å². The molecule has 0 aliphatic rings. The Morgan fingerprint density at radius 2 is 1.78 bits per heavy atom. The Bertz CT molecular complexity index is 686. The molecule has 0 aliphatic carbocycles. The number of rotatable bonds is 5. The molecular weight excluding hydrogens is 312 g/mol. The second-order valence-corrected chi connectivity index (χ2v) is 5.02. The van der Waals surface area contributed by atoms with Gasteiger partial charge in [0, 0.05) is 11.4 Å². The lowest BCUT2D eigenvalue weighted by atomic mass is 10.2. The van der Waals surface area contributed by atoms with E-state index < -0.39 is 0 Å². The van der Waals surface area contributed by atoms with Gasteiger partial charge in [-0.15, -0.1) is 0 Å². The highest BCUT2D eigenvalue weighted by atomic mass is 32.1. The number of thiocarbonyl (C=S) groups is 1. The van der Waals surface area contributed by atoms with E-state index in [4.69, 9.17) is 21.7 Å². The molecule has 2 aromatic rings. The molecule has 2 N–H and O–H groups in total. The summed E-state index contributed by atoms with van der Waals surface area (Å²) in [5.74, 6) is 0.418. The molecule has 0 atom stereocenters. The molecule has 0 saturated heterocycles. The maximum atomic E-state index is 11.5. The second kappa shape index (κ2) is 8.14. The van der Waals surface area contributed by atoms with Gasteiger partial charge in [-0.2, -0.15) is 0 Å². The lowest BCUT2D eigenvalue weighted by Gasteiger charge is -2.12. The van der Waals surface area contributed by atoms with E-state index in [9.17, 15) is 4.79 Å². The van der Waals surface area contributed by atoms with E-state index in [-0.39, 0.29) is 5.97 Å². The lowest BCUT2D eigenvalue weighted by Crippen LogP contribution is -2.19. The molecule has 0 amide bonds. The summed E-state index contributed by atoms with van der Waals surface area (Å²) < 4.78 is 10.1. The monoisotopic (exact) mass is 330 g/mol. The van der Waals surface area contributed by atoms with E-state index in [1.807, 2.05) is 37.3 Å². The summed E-state index contributed by atoms with van der Waals surface area (Å²) in [6.45, 7) is 2.57. The average molecular weight is 330 g/mol. The van der Waals surface area contributed by atoms with Crippen molar-refractivity contribution in [2.24, 2.45) is 0 Å². The fourth-order valence-electron chi connectivity index (χ4n) is 1.94. The highest BCUT2D eigenvalue weighted by Crippen LogP contribution is 2.16. The predicted octanol–water partition coefficient (Wildman–Crippen LogP) is 3.68. The SMILES string of the molecule is CCOc1ccc(NC(=S)Nc2cccc(C(=O)OC)c2)cc1. The van der Waals surface area contributed by atoms with Crippen LogP contribution in [0, 0.1) is 0 Å². The Kier molecular flexibility index (Phi) is 5.94. The number of hydrogen-bond acceptors (Lipinski definition) is 4. The van der Waals surface area contributed by atoms with Crippen molar-refractivity contribution in [3.8, 4) is 5.75 Å². The van der Waals surface area contributed by atoms with Crippen LogP contribution in [0.5, 0.6) is 5.75 Å². The van der Waals surface area contributed by atoms with E-state index in [1.54, 1.807) is 18.2 Å². The van der Waals surface area contributed by atoms with Crippen LogP contribution in [0.15, 0.2) is 48.5 Å². The molecular formula is C17H18N2O3S. The molecule has 23 heavy (non-hydrogen) atoms. The quantitative estimate of drug-likeness (QED) is 0.644. The summed E-state index contributed by atoms with van der Waals surface area (Å²) in [5.41, 5.74) is 2.01. The molecule has 0 radical (unpaired) electrons. The number of hydrogen-bond donors (Lipinski definition) is 2. The van der Waals surface area contributed by atoms with E-state index in [0.29, 0.717) is 23.0 Å². The third kappa shape index (κ3) is 4.96. The molecule has 0 aromatic heterocycles. The predicted molar refractivity (Wildman–Crippen MR) is 95.2 cm³/mol. The summed E-state index contributed by atoms with van der Waals surface area (Å²) in [7, 11) is 1.35. The molecule has 0 bridgehead atoms. The molecule has 0 aliphatic heterocycles. The van der Waals surface area contributed by atoms with Crippen LogP contribution in [0.2, 0.25) is 0 Å². The summed E-state index contributed by atoms with van der Waals surface area (Å²) >= 11 is 5.27. The molecule has 2 aromatic carbocycles. The first-order valence-electron chi connectivity index (χ1n) is 7.11. The van der Waals surface area contributed by atoms with E-state index in [0.717, 1.165) is 11.4 Å². The molecule has 0 fully saturated rings. The third-order valence-electron chi connectivity index (χ3n) is 2.96. The van der Waals surface area contributed by atoms with Gasteiger partial charge in [0.2, 0.25) is 0 Å². The zero-order valence-electron chi connectivity index (χ0n) is 13.0. The highest BCUT2D eigenvalue weighted by Gasteiger charge is 2.06. The van der Waals surface area contributed by atoms with Gasteiger partial charge in [-0.1, -0.05) is 6.07 Å². The molecule has 6 heteroatoms. The van der Waals surface area contributed by atoms with E-state index in [2.05, 4.69) is 10.6 Å². The van der Waals surface area contributed by atoms with Gasteiger partial charge in [0.25, 0.3) is 0 Å². The number of ether oxygens (including phenoxy) is 2. The Morgan fingerprint density at radius 3 is 2.43 bits per heavy atom. The van der Waals surface area contributed by atoms with Gasteiger partial charge in [-0.05, 0) is 61.6 Å². The minimum Gasteiger partial charge on any atom is -0.494 e. The van der Waals surface area contributed by atoms with Gasteiger partial charge in [-0.3, -0.25) is 0 Å². The second-order valence-electron chi connectivity index (χ2n) is 4.61. The van der Waals surface area contributed by atoms with Crippen molar-refractivity contribution in [2.45, 2.75) is 6.92 Å². The summed E-state index contributed by atoms with van der Waals surface area (Å²) in [6, 6.07) is 14.4. The van der Waals surface area contributed by atoms with Crippen molar-refractivity contribution < 1.29 is 14.3 Å². The number of carbonyl (C=O) groups excluding carboxylic acids is 1. The first-order valence-corrected chi connectivity index (χ1v) is 7.52. The smallest absolute Gasteiger partial charge is 0.337 e. The number of methoxy groups -OCH3 is 1. The lowest BCUT2D eigenvalue weighted by molar-refractivity contribution is 0.0601. The topological polar surface area (TPSA) is 59.6 Å². The summed E-state index contributed by atoms with van der Waals surface area (Å²) in [4.78, 5) is 11.5. The number of carbonyl (C=O) groups is 1. The number of benzene rings is 2. The normalized spacial score (nSPS) is 9.83. The molecule has 0 unspecified atom stereocenters. The van der Waals surface area contributed by atoms with Crippen LogP contribution in [0.3, 0.4) is 0 Å². The average Bonchev–Trinajstić information content (AvgIpc) is 2.56. The number of nitrogens with one attached hydrogen (secondary N) is 2. The fourth-order valence-corrected chi connectivity index (χ4v) is 2.17. The van der Waals surface area contributed by atoms with Crippen molar-refractivity contribution in [2.75, 3.05) is 24.4 Å². The number of anilines is 2. The van der Waals surface area contributed by atoms with Gasteiger partial charge in [0.1, 0.15) is 5.75 Å². The molecule has 0 heterocycles. The standard InChI is InChI=1S/C17H18N2O3S/c1-3-22-15-9-7-13(8-10-15)18-17(23)19-14-6-4-5-12(11-14)16(20)21-2/h4-11H,3H2,1-2H3,(H2,18,19,23). The summed E-state index contributed by atoms with van der Waals surface area (Å²) in [6.07, 6.45) is 0.